The molecule has 1 heterocycles. The monoisotopic (exact) mass is 351 g/mol. The molecule has 0 aromatic heterocycles. The van der Waals surface area contributed by atoms with E-state index in [-0.39, 0.29) is 11.6 Å². The largest absolute Gasteiger partial charge is 0.496 e. The molecule has 2 aromatic rings. The number of carbonyl (C=O) groups excluding carboxylic acids is 1. The second kappa shape index (κ2) is 7.17. The number of carbonyl (C=O) groups is 1. The predicted octanol–water partition coefficient (Wildman–Crippen LogP) is 5.13. The van der Waals surface area contributed by atoms with Crippen molar-refractivity contribution in [3.05, 3.63) is 58.7 Å². The lowest BCUT2D eigenvalue weighted by Crippen LogP contribution is -2.14. The van der Waals surface area contributed by atoms with Crippen molar-refractivity contribution in [2.75, 3.05) is 12.4 Å². The highest BCUT2D eigenvalue weighted by atomic mass is 19.4. The number of hydrogen-bond acceptors (Lipinski definition) is 2. The van der Waals surface area contributed by atoms with Gasteiger partial charge in [-0.05, 0) is 30.7 Å². The quantitative estimate of drug-likeness (QED) is 0.814. The number of amides is 1. The maximum atomic E-state index is 12.8. The van der Waals surface area contributed by atoms with Crippen LogP contribution in [-0.2, 0) is 11.0 Å². The van der Waals surface area contributed by atoms with Crippen molar-refractivity contribution in [1.82, 2.24) is 0 Å². The number of methoxy groups -OCH3 is 1. The smallest absolute Gasteiger partial charge is 0.416 e. The number of ether oxygens (including phenoxy) is 1. The lowest BCUT2D eigenvalue weighted by Gasteiger charge is -2.15. The summed E-state index contributed by atoms with van der Waals surface area (Å²) in [5.41, 5.74) is 1.51. The number of anilines is 1. The second-order valence-electron chi connectivity index (χ2n) is 5.47. The minimum absolute atomic E-state index is 0.193. The van der Waals surface area contributed by atoms with E-state index in [9.17, 15) is 18.0 Å². The molecule has 1 aliphatic heterocycles. The first-order valence-electron chi connectivity index (χ1n) is 7.98. The minimum Gasteiger partial charge on any atom is -0.496 e. The summed E-state index contributed by atoms with van der Waals surface area (Å²) in [6.45, 7) is 5.88. The van der Waals surface area contributed by atoms with Gasteiger partial charge < -0.3 is 10.1 Å². The number of hydrogen-bond donors (Lipinski definition) is 1. The van der Waals surface area contributed by atoms with Gasteiger partial charge in [0.25, 0.3) is 0 Å². The molecule has 3 rings (SSSR count). The Morgan fingerprint density at radius 2 is 1.72 bits per heavy atom. The highest BCUT2D eigenvalue weighted by Gasteiger charge is 2.37. The highest BCUT2D eigenvalue weighted by molar-refractivity contribution is 6.05. The molecule has 1 aliphatic rings. The van der Waals surface area contributed by atoms with Crippen LogP contribution in [-0.4, -0.2) is 13.0 Å². The van der Waals surface area contributed by atoms with E-state index >= 15 is 0 Å². The van der Waals surface area contributed by atoms with Crippen LogP contribution in [0, 0.1) is 6.92 Å². The Bertz CT molecular complexity index is 785. The highest BCUT2D eigenvalue weighted by Crippen LogP contribution is 2.43. The average Bonchev–Trinajstić information content (AvgIpc) is 2.90. The normalized spacial score (nSPS) is 15.8. The predicted molar refractivity (Wildman–Crippen MR) is 91.0 cm³/mol. The Labute approximate surface area is 144 Å². The third kappa shape index (κ3) is 3.62. The Balaban J connectivity index is 0.00000109. The van der Waals surface area contributed by atoms with Crippen LogP contribution in [0.15, 0.2) is 36.4 Å². The maximum Gasteiger partial charge on any atom is 0.416 e. The second-order valence-corrected chi connectivity index (χ2v) is 5.47. The number of alkyl halides is 3. The van der Waals surface area contributed by atoms with Crippen molar-refractivity contribution in [2.45, 2.75) is 32.9 Å². The van der Waals surface area contributed by atoms with Crippen LogP contribution in [0.2, 0.25) is 0 Å². The molecule has 6 heteroatoms. The van der Waals surface area contributed by atoms with Crippen molar-refractivity contribution >= 4 is 11.6 Å². The summed E-state index contributed by atoms with van der Waals surface area (Å²) in [6.07, 6.45) is -4.45. The summed E-state index contributed by atoms with van der Waals surface area (Å²) in [5.74, 6) is -0.506. The van der Waals surface area contributed by atoms with Crippen molar-refractivity contribution in [2.24, 2.45) is 0 Å². The van der Waals surface area contributed by atoms with Gasteiger partial charge in [0.05, 0.1) is 18.6 Å². The number of benzene rings is 2. The van der Waals surface area contributed by atoms with Gasteiger partial charge in [-0.3, -0.25) is 4.79 Å². The average molecular weight is 351 g/mol. The summed E-state index contributed by atoms with van der Waals surface area (Å²) < 4.78 is 43.7. The Hall–Kier alpha value is -2.50. The van der Waals surface area contributed by atoms with E-state index in [0.29, 0.717) is 16.9 Å². The number of nitrogens with one attached hydrogen (secondary N) is 1. The van der Waals surface area contributed by atoms with E-state index < -0.39 is 17.7 Å². The van der Waals surface area contributed by atoms with Gasteiger partial charge in [0.1, 0.15) is 5.75 Å². The summed E-state index contributed by atoms with van der Waals surface area (Å²) in [4.78, 5) is 12.3. The molecule has 0 spiro atoms. The van der Waals surface area contributed by atoms with Gasteiger partial charge in [-0.1, -0.05) is 37.6 Å². The van der Waals surface area contributed by atoms with E-state index in [2.05, 4.69) is 5.32 Å². The van der Waals surface area contributed by atoms with Crippen molar-refractivity contribution in [3.63, 3.8) is 0 Å². The Morgan fingerprint density at radius 1 is 1.04 bits per heavy atom. The van der Waals surface area contributed by atoms with Crippen molar-refractivity contribution < 1.29 is 22.7 Å². The first-order chi connectivity index (χ1) is 11.8. The SMILES string of the molecule is CC.COc1ccc(C)cc1C1C(=O)Nc2cc(C(F)(F)F)ccc21. The third-order valence-electron chi connectivity index (χ3n) is 3.91. The van der Waals surface area contributed by atoms with Crippen LogP contribution < -0.4 is 10.1 Å². The molecule has 0 bridgehead atoms. The molecule has 25 heavy (non-hydrogen) atoms. The Kier molecular flexibility index (Phi) is 5.40. The molecule has 0 aliphatic carbocycles. The van der Waals surface area contributed by atoms with Crippen LogP contribution in [0.4, 0.5) is 18.9 Å². The third-order valence-corrected chi connectivity index (χ3v) is 3.91. The van der Waals surface area contributed by atoms with Gasteiger partial charge in [-0.25, -0.2) is 0 Å². The first-order valence-corrected chi connectivity index (χ1v) is 7.98. The minimum atomic E-state index is -4.45. The van der Waals surface area contributed by atoms with Crippen LogP contribution in [0.1, 0.15) is 42.0 Å². The summed E-state index contributed by atoms with van der Waals surface area (Å²) in [6, 6.07) is 8.73. The van der Waals surface area contributed by atoms with Crippen LogP contribution in [0.5, 0.6) is 5.75 Å². The van der Waals surface area contributed by atoms with Crippen LogP contribution in [0.3, 0.4) is 0 Å². The fourth-order valence-electron chi connectivity index (χ4n) is 2.83. The van der Waals surface area contributed by atoms with Crippen molar-refractivity contribution in [1.29, 1.82) is 0 Å². The fourth-order valence-corrected chi connectivity index (χ4v) is 2.83. The number of halogens is 3. The van der Waals surface area contributed by atoms with Gasteiger partial charge >= 0.3 is 6.18 Å². The number of aryl methyl sites for hydroxylation is 1. The molecule has 0 fully saturated rings. The first kappa shape index (κ1) is 18.8. The molecule has 1 atom stereocenters. The zero-order valence-electron chi connectivity index (χ0n) is 14.5. The lowest BCUT2D eigenvalue weighted by atomic mass is 9.90. The molecular formula is C19H20F3NO2. The molecule has 0 saturated heterocycles. The maximum absolute atomic E-state index is 12.8. The molecule has 134 valence electrons. The molecule has 1 amide bonds. The van der Waals surface area contributed by atoms with Gasteiger partial charge in [-0.15, -0.1) is 0 Å². The van der Waals surface area contributed by atoms with Crippen LogP contribution in [0.25, 0.3) is 0 Å². The molecule has 0 radical (unpaired) electrons. The summed E-state index contributed by atoms with van der Waals surface area (Å²) >= 11 is 0. The van der Waals surface area contributed by atoms with E-state index in [4.69, 9.17) is 4.74 Å². The van der Waals surface area contributed by atoms with E-state index in [1.807, 2.05) is 32.9 Å². The molecular weight excluding hydrogens is 331 g/mol. The zero-order chi connectivity index (χ0) is 18.8. The summed E-state index contributed by atoms with van der Waals surface area (Å²) in [7, 11) is 1.49. The zero-order valence-corrected chi connectivity index (χ0v) is 14.5. The number of fused-ring (bicyclic) bond motifs is 1. The standard InChI is InChI=1S/C17H14F3NO2.C2H6/c1-9-3-6-14(23-2)12(7-9)15-11-5-4-10(17(18,19)20)8-13(11)21-16(15)22;1-2/h3-8,15H,1-2H3,(H,21,22);1-2H3. The Morgan fingerprint density at radius 3 is 2.32 bits per heavy atom. The molecule has 2 aromatic carbocycles. The molecule has 1 N–H and O–H groups in total. The van der Waals surface area contributed by atoms with Gasteiger partial charge in [0.15, 0.2) is 0 Å². The van der Waals surface area contributed by atoms with E-state index in [0.717, 1.165) is 17.7 Å². The van der Waals surface area contributed by atoms with Crippen LogP contribution >= 0.6 is 0 Å². The topological polar surface area (TPSA) is 38.3 Å². The number of rotatable bonds is 2. The summed E-state index contributed by atoms with van der Waals surface area (Å²) in [5, 5.41) is 2.53. The van der Waals surface area contributed by atoms with Gasteiger partial charge in [0, 0.05) is 11.3 Å². The molecule has 0 saturated carbocycles. The lowest BCUT2D eigenvalue weighted by molar-refractivity contribution is -0.137. The fraction of sp³-hybridized carbons (Fsp3) is 0.316. The molecule has 3 nitrogen and oxygen atoms in total. The van der Waals surface area contributed by atoms with E-state index in [1.165, 1.54) is 13.2 Å². The van der Waals surface area contributed by atoms with E-state index in [1.54, 1.807) is 6.07 Å². The van der Waals surface area contributed by atoms with Crippen molar-refractivity contribution in [3.8, 4) is 5.75 Å². The van der Waals surface area contributed by atoms with Gasteiger partial charge in [0.2, 0.25) is 5.91 Å². The molecule has 1 unspecified atom stereocenters. The van der Waals surface area contributed by atoms with Gasteiger partial charge in [-0.2, -0.15) is 13.2 Å².